The van der Waals surface area contributed by atoms with Crippen molar-refractivity contribution in [3.8, 4) is 16.9 Å². The van der Waals surface area contributed by atoms with Gasteiger partial charge in [0, 0.05) is 33.3 Å². The van der Waals surface area contributed by atoms with E-state index >= 15 is 0 Å². The molecule has 198 valence electrons. The van der Waals surface area contributed by atoms with Crippen LogP contribution in [-0.4, -0.2) is 44.7 Å². The number of carbonyl (C=O) groups is 1. The number of aromatic amines is 1. The van der Waals surface area contributed by atoms with E-state index in [1.54, 1.807) is 42.5 Å². The van der Waals surface area contributed by atoms with Crippen molar-refractivity contribution in [1.29, 1.82) is 0 Å². The molecule has 0 radical (unpaired) electrons. The van der Waals surface area contributed by atoms with Crippen LogP contribution in [0, 0.1) is 0 Å². The van der Waals surface area contributed by atoms with Crippen LogP contribution in [0.3, 0.4) is 0 Å². The van der Waals surface area contributed by atoms with E-state index in [2.05, 4.69) is 31.0 Å². The molecule has 15 heteroatoms. The Bertz CT molecular complexity index is 1790. The summed E-state index contributed by atoms with van der Waals surface area (Å²) in [6.45, 7) is 0. The molecule has 0 fully saturated rings. The molecular formula is C24H17Cl3N8O3S. The number of primary sulfonamides is 1. The Morgan fingerprint density at radius 3 is 2.41 bits per heavy atom. The zero-order valence-electron chi connectivity index (χ0n) is 19.6. The van der Waals surface area contributed by atoms with Gasteiger partial charge in [0.15, 0.2) is 11.5 Å². The largest absolute Gasteiger partial charge is 0.321 e. The Morgan fingerprint density at radius 2 is 1.74 bits per heavy atom. The van der Waals surface area contributed by atoms with Crippen molar-refractivity contribution < 1.29 is 13.2 Å². The summed E-state index contributed by atoms with van der Waals surface area (Å²) in [7, 11) is -3.99. The maximum Gasteiger partial charge on any atom is 0.276 e. The average Bonchev–Trinajstić information content (AvgIpc) is 3.53. The lowest BCUT2D eigenvalue weighted by atomic mass is 10.0. The molecule has 0 unspecified atom stereocenters. The smallest absolute Gasteiger partial charge is 0.276 e. The first-order chi connectivity index (χ1) is 18.6. The third kappa shape index (κ3) is 5.79. The molecule has 3 aromatic carbocycles. The summed E-state index contributed by atoms with van der Waals surface area (Å²) >= 11 is 18.8. The van der Waals surface area contributed by atoms with Gasteiger partial charge in [-0.1, -0.05) is 58.2 Å². The van der Waals surface area contributed by atoms with Crippen molar-refractivity contribution in [2.45, 2.75) is 11.3 Å². The minimum atomic E-state index is -3.99. The molecular weight excluding hydrogens is 587 g/mol. The van der Waals surface area contributed by atoms with Gasteiger partial charge < -0.3 is 5.32 Å². The summed E-state index contributed by atoms with van der Waals surface area (Å²) in [5, 5.41) is 27.9. The van der Waals surface area contributed by atoms with E-state index in [9.17, 15) is 13.2 Å². The molecule has 39 heavy (non-hydrogen) atoms. The molecule has 0 bridgehead atoms. The number of amides is 1. The van der Waals surface area contributed by atoms with Gasteiger partial charge in [-0.2, -0.15) is 10.3 Å². The monoisotopic (exact) mass is 602 g/mol. The van der Waals surface area contributed by atoms with E-state index in [0.717, 1.165) is 0 Å². The Hall–Kier alpha value is -3.81. The van der Waals surface area contributed by atoms with Crippen LogP contribution in [-0.2, 0) is 16.4 Å². The maximum absolute atomic E-state index is 13.6. The molecule has 1 amide bonds. The molecule has 0 aliphatic rings. The summed E-state index contributed by atoms with van der Waals surface area (Å²) in [6.07, 6.45) is 0.0691. The lowest BCUT2D eigenvalue weighted by molar-refractivity contribution is 0.102. The van der Waals surface area contributed by atoms with Gasteiger partial charge in [0.05, 0.1) is 21.3 Å². The van der Waals surface area contributed by atoms with Crippen LogP contribution in [0.2, 0.25) is 15.1 Å². The van der Waals surface area contributed by atoms with Gasteiger partial charge in [-0.05, 0) is 48.5 Å². The summed E-state index contributed by atoms with van der Waals surface area (Å²) in [5.74, 6) is -0.323. The van der Waals surface area contributed by atoms with Crippen molar-refractivity contribution in [2.75, 3.05) is 5.32 Å². The van der Waals surface area contributed by atoms with Gasteiger partial charge in [0.2, 0.25) is 10.0 Å². The number of anilines is 1. The standard InChI is InChI=1S/C24H17Cl3N8O3S/c25-14-6-4-13(5-7-14)23-18(12-21-30-33-34-31-21)22(32-35(23)20-9-8-15(26)10-19(20)27)24(36)29-16-2-1-3-17(11-16)39(28,37)38/h1-11H,12H2,(H,29,36)(H2,28,37,38)(H,30,31,33,34). The van der Waals surface area contributed by atoms with Gasteiger partial charge >= 0.3 is 0 Å². The molecule has 0 saturated carbocycles. The second-order valence-corrected chi connectivity index (χ2v) is 11.1. The Morgan fingerprint density at radius 1 is 1.00 bits per heavy atom. The number of H-pyrrole nitrogens is 1. The topological polar surface area (TPSA) is 162 Å². The molecule has 4 N–H and O–H groups in total. The van der Waals surface area contributed by atoms with Gasteiger partial charge in [-0.3, -0.25) is 4.79 Å². The first-order valence-electron chi connectivity index (χ1n) is 11.1. The number of nitrogens with zero attached hydrogens (tertiary/aromatic N) is 5. The zero-order chi connectivity index (χ0) is 27.7. The number of rotatable bonds is 7. The van der Waals surface area contributed by atoms with E-state index in [4.69, 9.17) is 39.9 Å². The van der Waals surface area contributed by atoms with E-state index in [-0.39, 0.29) is 22.7 Å². The molecule has 0 aliphatic heterocycles. The fraction of sp³-hybridized carbons (Fsp3) is 0.0417. The van der Waals surface area contributed by atoms with E-state index in [1.807, 2.05) is 0 Å². The molecule has 0 spiro atoms. The predicted molar refractivity (Wildman–Crippen MR) is 147 cm³/mol. The van der Waals surface area contributed by atoms with Crippen LogP contribution >= 0.6 is 34.8 Å². The van der Waals surface area contributed by atoms with Gasteiger partial charge in [-0.15, -0.1) is 10.2 Å². The number of sulfonamides is 1. The maximum atomic E-state index is 13.6. The van der Waals surface area contributed by atoms with Gasteiger partial charge in [0.25, 0.3) is 5.91 Å². The van der Waals surface area contributed by atoms with Crippen molar-refractivity contribution in [1.82, 2.24) is 30.4 Å². The molecule has 2 heterocycles. The molecule has 0 saturated heterocycles. The lowest BCUT2D eigenvalue weighted by Gasteiger charge is -2.11. The molecule has 5 rings (SSSR count). The SMILES string of the molecule is NS(=O)(=O)c1cccc(NC(=O)c2nn(-c3ccc(Cl)cc3Cl)c(-c3ccc(Cl)cc3)c2Cc2nn[nH]n2)c1. The Balaban J connectivity index is 1.70. The number of aromatic nitrogens is 6. The quantitative estimate of drug-likeness (QED) is 0.247. The third-order valence-corrected chi connectivity index (χ3v) is 7.30. The minimum Gasteiger partial charge on any atom is -0.321 e. The van der Waals surface area contributed by atoms with Crippen LogP contribution in [0.4, 0.5) is 5.69 Å². The molecule has 2 aromatic heterocycles. The number of nitrogens with two attached hydrogens (primary N) is 1. The van der Waals surface area contributed by atoms with Crippen molar-refractivity contribution in [3.05, 3.63) is 98.9 Å². The first-order valence-corrected chi connectivity index (χ1v) is 13.8. The number of hydrogen-bond acceptors (Lipinski definition) is 7. The van der Waals surface area contributed by atoms with Gasteiger partial charge in [-0.25, -0.2) is 18.2 Å². The molecule has 11 nitrogen and oxygen atoms in total. The summed E-state index contributed by atoms with van der Waals surface area (Å²) < 4.78 is 25.1. The van der Waals surface area contributed by atoms with E-state index in [1.165, 1.54) is 28.9 Å². The lowest BCUT2D eigenvalue weighted by Crippen LogP contribution is -2.16. The average molecular weight is 604 g/mol. The number of carbonyl (C=O) groups excluding carboxylic acids is 1. The zero-order valence-corrected chi connectivity index (χ0v) is 22.7. The Kier molecular flexibility index (Phi) is 7.38. The highest BCUT2D eigenvalue weighted by Gasteiger charge is 2.27. The number of halogens is 3. The second kappa shape index (κ2) is 10.8. The molecule has 0 aliphatic carbocycles. The summed E-state index contributed by atoms with van der Waals surface area (Å²) in [4.78, 5) is 13.5. The molecule has 0 atom stereocenters. The van der Waals surface area contributed by atoms with E-state index in [0.29, 0.717) is 43.4 Å². The van der Waals surface area contributed by atoms with E-state index < -0.39 is 15.9 Å². The number of benzene rings is 3. The number of tetrazole rings is 1. The Labute approximate surface area is 236 Å². The van der Waals surface area contributed by atoms with Crippen LogP contribution in [0.5, 0.6) is 0 Å². The first kappa shape index (κ1) is 26.8. The fourth-order valence-corrected chi connectivity index (χ4v) is 5.06. The normalized spacial score (nSPS) is 11.5. The highest BCUT2D eigenvalue weighted by molar-refractivity contribution is 7.89. The van der Waals surface area contributed by atoms with Crippen LogP contribution < -0.4 is 10.5 Å². The van der Waals surface area contributed by atoms with Crippen molar-refractivity contribution in [3.63, 3.8) is 0 Å². The summed E-state index contributed by atoms with van der Waals surface area (Å²) in [5.41, 5.74) is 2.30. The minimum absolute atomic E-state index is 0.0109. The molecule has 5 aromatic rings. The van der Waals surface area contributed by atoms with Crippen molar-refractivity contribution in [2.24, 2.45) is 5.14 Å². The van der Waals surface area contributed by atoms with Crippen LogP contribution in [0.25, 0.3) is 16.9 Å². The third-order valence-electron chi connectivity index (χ3n) is 5.60. The fourth-order valence-electron chi connectivity index (χ4n) is 3.89. The predicted octanol–water partition coefficient (Wildman–Crippen LogP) is 4.50. The highest BCUT2D eigenvalue weighted by atomic mass is 35.5. The van der Waals surface area contributed by atoms with Crippen molar-refractivity contribution >= 4 is 56.4 Å². The highest BCUT2D eigenvalue weighted by Crippen LogP contribution is 2.35. The van der Waals surface area contributed by atoms with Gasteiger partial charge in [0.1, 0.15) is 0 Å². The van der Waals surface area contributed by atoms with Crippen LogP contribution in [0.15, 0.2) is 71.6 Å². The van der Waals surface area contributed by atoms with Crippen LogP contribution in [0.1, 0.15) is 21.9 Å². The number of nitrogens with one attached hydrogen (secondary N) is 2. The summed E-state index contributed by atoms with van der Waals surface area (Å²) in [6, 6.07) is 17.4. The number of hydrogen-bond donors (Lipinski definition) is 3. The second-order valence-electron chi connectivity index (χ2n) is 8.22.